The van der Waals surface area contributed by atoms with Crippen molar-refractivity contribution in [1.82, 2.24) is 4.72 Å². The van der Waals surface area contributed by atoms with Crippen molar-refractivity contribution < 1.29 is 23.1 Å². The number of rotatable bonds is 2. The lowest BCUT2D eigenvalue weighted by Gasteiger charge is -2.25. The lowest BCUT2D eigenvalue weighted by atomic mass is 9.98. The van der Waals surface area contributed by atoms with E-state index in [1.807, 2.05) is 0 Å². The summed E-state index contributed by atoms with van der Waals surface area (Å²) in [5.74, 6) is -1.23. The van der Waals surface area contributed by atoms with Crippen LogP contribution in [0.4, 0.5) is 0 Å². The van der Waals surface area contributed by atoms with Gasteiger partial charge in [-0.2, -0.15) is 0 Å². The van der Waals surface area contributed by atoms with Crippen molar-refractivity contribution in [3.05, 3.63) is 35.5 Å². The van der Waals surface area contributed by atoms with Crippen LogP contribution in [0.2, 0.25) is 0 Å². The zero-order valence-corrected chi connectivity index (χ0v) is 12.7. The Labute approximate surface area is 128 Å². The van der Waals surface area contributed by atoms with E-state index in [1.54, 1.807) is 12.1 Å². The highest BCUT2D eigenvalue weighted by molar-refractivity contribution is 7.89. The first-order valence-corrected chi connectivity index (χ1v) is 8.74. The summed E-state index contributed by atoms with van der Waals surface area (Å²) in [5, 5.41) is 10.2. The molecular weight excluding hydrogens is 306 g/mol. The van der Waals surface area contributed by atoms with Crippen LogP contribution in [-0.4, -0.2) is 25.6 Å². The van der Waals surface area contributed by atoms with Crippen molar-refractivity contribution in [3.63, 3.8) is 0 Å². The van der Waals surface area contributed by atoms with E-state index in [0.717, 1.165) is 32.1 Å². The second-order valence-electron chi connectivity index (χ2n) is 5.49. The number of aliphatic hydroxyl groups excluding tert-OH is 1. The molecule has 1 saturated carbocycles. The van der Waals surface area contributed by atoms with Gasteiger partial charge >= 0.3 is 5.97 Å². The van der Waals surface area contributed by atoms with Crippen LogP contribution in [0.3, 0.4) is 0 Å². The van der Waals surface area contributed by atoms with Crippen LogP contribution in [0.5, 0.6) is 0 Å². The van der Waals surface area contributed by atoms with Crippen molar-refractivity contribution in [3.8, 4) is 0 Å². The third kappa shape index (κ3) is 2.68. The number of carbonyl (C=O) groups is 1. The summed E-state index contributed by atoms with van der Waals surface area (Å²) in [6.07, 6.45) is 4.40. The van der Waals surface area contributed by atoms with Crippen LogP contribution in [0.15, 0.2) is 34.9 Å². The van der Waals surface area contributed by atoms with Crippen LogP contribution in [0, 0.1) is 0 Å². The molecule has 0 atom stereocenters. The maximum absolute atomic E-state index is 12.2. The third-order valence-electron chi connectivity index (χ3n) is 3.93. The standard InChI is InChI=1S/C15H17NO5S/c17-14-11-8-4-5-9-12(11)22(19,20)16-13(14)15(18)21-10-6-2-1-3-7-10/h4-5,8-10,16-17H,1-3,6-7H2. The molecule has 3 rings (SSSR count). The van der Waals surface area contributed by atoms with E-state index in [4.69, 9.17) is 4.74 Å². The molecule has 6 nitrogen and oxygen atoms in total. The van der Waals surface area contributed by atoms with Crippen molar-refractivity contribution in [2.75, 3.05) is 0 Å². The first-order valence-electron chi connectivity index (χ1n) is 7.25. The Kier molecular flexibility index (Phi) is 3.82. The number of carbonyl (C=O) groups excluding carboxylic acids is 1. The summed E-state index contributed by atoms with van der Waals surface area (Å²) in [6, 6.07) is 5.98. The third-order valence-corrected chi connectivity index (χ3v) is 5.34. The molecule has 1 heterocycles. The van der Waals surface area contributed by atoms with Crippen molar-refractivity contribution in [1.29, 1.82) is 0 Å². The van der Waals surface area contributed by atoms with Gasteiger partial charge in [0.25, 0.3) is 10.0 Å². The molecule has 1 fully saturated rings. The molecule has 1 aromatic carbocycles. The molecule has 1 aromatic rings. The molecule has 7 heteroatoms. The van der Waals surface area contributed by atoms with Crippen LogP contribution < -0.4 is 4.72 Å². The highest BCUT2D eigenvalue weighted by Gasteiger charge is 2.34. The van der Waals surface area contributed by atoms with Crippen LogP contribution in [0.25, 0.3) is 5.76 Å². The fraction of sp³-hybridized carbons (Fsp3) is 0.400. The zero-order valence-electron chi connectivity index (χ0n) is 11.9. The fourth-order valence-electron chi connectivity index (χ4n) is 2.80. The van der Waals surface area contributed by atoms with Gasteiger partial charge < -0.3 is 9.84 Å². The summed E-state index contributed by atoms with van der Waals surface area (Å²) in [4.78, 5) is 12.2. The number of fused-ring (bicyclic) bond motifs is 1. The second kappa shape index (κ2) is 5.64. The molecule has 0 amide bonds. The number of hydrogen-bond acceptors (Lipinski definition) is 5. The summed E-state index contributed by atoms with van der Waals surface area (Å²) in [6.45, 7) is 0. The van der Waals surface area contributed by atoms with E-state index in [-0.39, 0.29) is 16.6 Å². The van der Waals surface area contributed by atoms with Gasteiger partial charge in [0, 0.05) is 5.56 Å². The number of sulfonamides is 1. The second-order valence-corrected chi connectivity index (χ2v) is 7.14. The Morgan fingerprint density at radius 3 is 2.59 bits per heavy atom. The van der Waals surface area contributed by atoms with E-state index in [2.05, 4.69) is 4.72 Å². The quantitative estimate of drug-likeness (QED) is 0.813. The molecule has 1 aliphatic heterocycles. The number of hydrogen-bond donors (Lipinski definition) is 2. The molecule has 0 bridgehead atoms. The highest BCUT2D eigenvalue weighted by Crippen LogP contribution is 2.30. The van der Waals surface area contributed by atoms with Crippen molar-refractivity contribution in [2.45, 2.75) is 43.1 Å². The van der Waals surface area contributed by atoms with E-state index >= 15 is 0 Å². The van der Waals surface area contributed by atoms with Gasteiger partial charge in [-0.15, -0.1) is 0 Å². The number of ether oxygens (including phenoxy) is 1. The van der Waals surface area contributed by atoms with Gasteiger partial charge in [0.15, 0.2) is 11.5 Å². The largest absolute Gasteiger partial charge is 0.505 e. The molecule has 1 aliphatic carbocycles. The normalized spacial score (nSPS) is 20.9. The molecule has 2 aliphatic rings. The van der Waals surface area contributed by atoms with E-state index in [1.165, 1.54) is 12.1 Å². The molecule has 0 aromatic heterocycles. The molecule has 22 heavy (non-hydrogen) atoms. The minimum atomic E-state index is -3.88. The number of nitrogens with one attached hydrogen (secondary N) is 1. The van der Waals surface area contributed by atoms with Crippen LogP contribution in [0.1, 0.15) is 37.7 Å². The predicted octanol–water partition coefficient (Wildman–Crippen LogP) is 2.08. The zero-order chi connectivity index (χ0) is 15.7. The van der Waals surface area contributed by atoms with Crippen molar-refractivity contribution >= 4 is 21.8 Å². The monoisotopic (exact) mass is 323 g/mol. The van der Waals surface area contributed by atoms with E-state index in [9.17, 15) is 18.3 Å². The fourth-order valence-corrected chi connectivity index (χ4v) is 4.07. The lowest BCUT2D eigenvalue weighted by Crippen LogP contribution is -2.35. The van der Waals surface area contributed by atoms with E-state index < -0.39 is 27.4 Å². The Balaban J connectivity index is 1.91. The maximum Gasteiger partial charge on any atom is 0.359 e. The van der Waals surface area contributed by atoms with Gasteiger partial charge in [-0.25, -0.2) is 13.2 Å². The van der Waals surface area contributed by atoms with Gasteiger partial charge in [0.2, 0.25) is 0 Å². The topological polar surface area (TPSA) is 92.7 Å². The summed E-state index contributed by atoms with van der Waals surface area (Å²) >= 11 is 0. The molecule has 0 saturated heterocycles. The summed E-state index contributed by atoms with van der Waals surface area (Å²) in [5.41, 5.74) is -0.305. The average Bonchev–Trinajstić information content (AvgIpc) is 2.52. The first kappa shape index (κ1) is 14.9. The Morgan fingerprint density at radius 2 is 1.86 bits per heavy atom. The van der Waals surface area contributed by atoms with Crippen LogP contribution in [-0.2, 0) is 19.6 Å². The van der Waals surface area contributed by atoms with Gasteiger partial charge in [0.1, 0.15) is 6.10 Å². The van der Waals surface area contributed by atoms with Gasteiger partial charge in [-0.05, 0) is 37.8 Å². The van der Waals surface area contributed by atoms with Crippen LogP contribution >= 0.6 is 0 Å². The van der Waals surface area contributed by atoms with Gasteiger partial charge in [-0.3, -0.25) is 4.72 Å². The van der Waals surface area contributed by atoms with E-state index in [0.29, 0.717) is 0 Å². The Hall–Kier alpha value is -2.02. The Morgan fingerprint density at radius 1 is 1.18 bits per heavy atom. The smallest absolute Gasteiger partial charge is 0.359 e. The number of benzene rings is 1. The minimum absolute atomic E-state index is 0.0540. The number of esters is 1. The van der Waals surface area contributed by atoms with Crippen molar-refractivity contribution in [2.24, 2.45) is 0 Å². The Bertz CT molecular complexity index is 732. The summed E-state index contributed by atoms with van der Waals surface area (Å²) in [7, 11) is -3.88. The summed E-state index contributed by atoms with van der Waals surface area (Å²) < 4.78 is 31.8. The maximum atomic E-state index is 12.2. The molecular formula is C15H17NO5S. The highest BCUT2D eigenvalue weighted by atomic mass is 32.2. The molecule has 0 radical (unpaired) electrons. The van der Waals surface area contributed by atoms with Gasteiger partial charge in [-0.1, -0.05) is 18.6 Å². The molecule has 2 N–H and O–H groups in total. The van der Waals surface area contributed by atoms with Gasteiger partial charge in [0.05, 0.1) is 4.90 Å². The number of aliphatic hydroxyl groups is 1. The molecule has 0 unspecified atom stereocenters. The molecule has 0 spiro atoms. The predicted molar refractivity (Wildman–Crippen MR) is 79.3 cm³/mol. The SMILES string of the molecule is O=C(OC1CCCCC1)C1=C(O)c2ccccc2S(=O)(=O)N1. The molecule has 118 valence electrons. The minimum Gasteiger partial charge on any atom is -0.505 e. The average molecular weight is 323 g/mol. The first-order chi connectivity index (χ1) is 10.5. The lowest BCUT2D eigenvalue weighted by molar-refractivity contribution is -0.146.